The summed E-state index contributed by atoms with van der Waals surface area (Å²) in [6.45, 7) is 3.56. The fourth-order valence-electron chi connectivity index (χ4n) is 4.54. The number of hydrogen-bond acceptors (Lipinski definition) is 2. The molecule has 1 aromatic rings. The van der Waals surface area contributed by atoms with Crippen molar-refractivity contribution < 1.29 is 0 Å². The SMILES string of the molecule is CC1CCc2cc(N3CCC4CCCCC43)ccc2N1. The standard InChI is InChI=1S/C18H26N2/c1-13-6-7-15-12-16(8-9-17(15)19-13)20-11-10-14-4-2-3-5-18(14)20/h8-9,12-14,18-19H,2-7,10-11H2,1H3. The maximum Gasteiger partial charge on any atom is 0.0376 e. The minimum atomic E-state index is 0.628. The zero-order valence-corrected chi connectivity index (χ0v) is 12.6. The van der Waals surface area contributed by atoms with Crippen LogP contribution in [0.4, 0.5) is 11.4 Å². The van der Waals surface area contributed by atoms with Crippen LogP contribution in [0.5, 0.6) is 0 Å². The second-order valence-electron chi connectivity index (χ2n) is 7.02. The van der Waals surface area contributed by atoms with Gasteiger partial charge >= 0.3 is 0 Å². The first-order chi connectivity index (χ1) is 9.81. The normalized spacial score (nSPS) is 32.5. The van der Waals surface area contributed by atoms with Gasteiger partial charge in [-0.1, -0.05) is 12.8 Å². The highest BCUT2D eigenvalue weighted by atomic mass is 15.2. The molecule has 108 valence electrons. The van der Waals surface area contributed by atoms with E-state index in [0.717, 1.165) is 12.0 Å². The van der Waals surface area contributed by atoms with Gasteiger partial charge in [-0.3, -0.25) is 0 Å². The van der Waals surface area contributed by atoms with E-state index in [0.29, 0.717) is 6.04 Å². The predicted molar refractivity (Wildman–Crippen MR) is 85.6 cm³/mol. The van der Waals surface area contributed by atoms with Crippen LogP contribution in [0, 0.1) is 5.92 Å². The first kappa shape index (κ1) is 12.6. The first-order valence-corrected chi connectivity index (χ1v) is 8.47. The monoisotopic (exact) mass is 270 g/mol. The Morgan fingerprint density at radius 3 is 2.95 bits per heavy atom. The second-order valence-corrected chi connectivity index (χ2v) is 7.02. The average molecular weight is 270 g/mol. The highest BCUT2D eigenvalue weighted by molar-refractivity contribution is 5.63. The van der Waals surface area contributed by atoms with Gasteiger partial charge < -0.3 is 10.2 Å². The number of rotatable bonds is 1. The highest BCUT2D eigenvalue weighted by Gasteiger charge is 2.35. The number of benzene rings is 1. The van der Waals surface area contributed by atoms with Crippen molar-refractivity contribution in [2.45, 2.75) is 64.0 Å². The summed E-state index contributed by atoms with van der Waals surface area (Å²) in [5.41, 5.74) is 4.38. The van der Waals surface area contributed by atoms with E-state index in [1.165, 1.54) is 68.4 Å². The van der Waals surface area contributed by atoms with Crippen LogP contribution in [0.15, 0.2) is 18.2 Å². The van der Waals surface area contributed by atoms with Crippen LogP contribution < -0.4 is 10.2 Å². The van der Waals surface area contributed by atoms with E-state index in [2.05, 4.69) is 35.3 Å². The molecule has 1 saturated heterocycles. The van der Waals surface area contributed by atoms with Gasteiger partial charge in [0.2, 0.25) is 0 Å². The zero-order valence-electron chi connectivity index (χ0n) is 12.6. The number of aryl methyl sites for hydroxylation is 1. The van der Waals surface area contributed by atoms with Gasteiger partial charge in [-0.25, -0.2) is 0 Å². The molecule has 1 saturated carbocycles. The summed E-state index contributed by atoms with van der Waals surface area (Å²) in [5.74, 6) is 0.970. The van der Waals surface area contributed by atoms with Crippen molar-refractivity contribution in [2.75, 3.05) is 16.8 Å². The molecule has 0 amide bonds. The Balaban J connectivity index is 1.60. The Kier molecular flexibility index (Phi) is 3.13. The minimum Gasteiger partial charge on any atom is -0.382 e. The molecular formula is C18H26N2. The van der Waals surface area contributed by atoms with Crippen LogP contribution >= 0.6 is 0 Å². The van der Waals surface area contributed by atoms with Gasteiger partial charge in [0.05, 0.1) is 0 Å². The Morgan fingerprint density at radius 1 is 1.10 bits per heavy atom. The molecule has 3 atom stereocenters. The summed E-state index contributed by atoms with van der Waals surface area (Å²) in [6.07, 6.45) is 9.68. The fourth-order valence-corrected chi connectivity index (χ4v) is 4.54. The molecular weight excluding hydrogens is 244 g/mol. The van der Waals surface area contributed by atoms with Crippen molar-refractivity contribution in [3.05, 3.63) is 23.8 Å². The third-order valence-corrected chi connectivity index (χ3v) is 5.68. The van der Waals surface area contributed by atoms with Gasteiger partial charge in [0.1, 0.15) is 0 Å². The molecule has 1 N–H and O–H groups in total. The molecule has 2 fully saturated rings. The van der Waals surface area contributed by atoms with Gasteiger partial charge in [-0.05, 0) is 68.7 Å². The van der Waals surface area contributed by atoms with Crippen molar-refractivity contribution in [1.82, 2.24) is 0 Å². The van der Waals surface area contributed by atoms with Gasteiger partial charge in [-0.2, -0.15) is 0 Å². The zero-order chi connectivity index (χ0) is 13.5. The lowest BCUT2D eigenvalue weighted by atomic mass is 9.85. The van der Waals surface area contributed by atoms with Crippen LogP contribution in [-0.2, 0) is 6.42 Å². The fraction of sp³-hybridized carbons (Fsp3) is 0.667. The molecule has 2 aliphatic heterocycles. The van der Waals surface area contributed by atoms with Crippen molar-refractivity contribution >= 4 is 11.4 Å². The smallest absolute Gasteiger partial charge is 0.0376 e. The largest absolute Gasteiger partial charge is 0.382 e. The number of hydrogen-bond donors (Lipinski definition) is 1. The number of nitrogens with zero attached hydrogens (tertiary/aromatic N) is 1. The minimum absolute atomic E-state index is 0.628. The summed E-state index contributed by atoms with van der Waals surface area (Å²) < 4.78 is 0. The van der Waals surface area contributed by atoms with E-state index in [1.807, 2.05) is 0 Å². The van der Waals surface area contributed by atoms with Crippen LogP contribution in [0.3, 0.4) is 0 Å². The molecule has 3 unspecified atom stereocenters. The molecule has 4 rings (SSSR count). The molecule has 20 heavy (non-hydrogen) atoms. The number of fused-ring (bicyclic) bond motifs is 2. The van der Waals surface area contributed by atoms with E-state index < -0.39 is 0 Å². The topological polar surface area (TPSA) is 15.3 Å². The molecule has 2 heterocycles. The van der Waals surface area contributed by atoms with Crippen LogP contribution in [-0.4, -0.2) is 18.6 Å². The maximum absolute atomic E-state index is 3.62. The van der Waals surface area contributed by atoms with E-state index in [-0.39, 0.29) is 0 Å². The third kappa shape index (κ3) is 2.10. The summed E-state index contributed by atoms with van der Waals surface area (Å²) >= 11 is 0. The average Bonchev–Trinajstić information content (AvgIpc) is 2.91. The van der Waals surface area contributed by atoms with Crippen LogP contribution in [0.2, 0.25) is 0 Å². The lowest BCUT2D eigenvalue weighted by Gasteiger charge is -2.34. The second kappa shape index (κ2) is 4.98. The van der Waals surface area contributed by atoms with Crippen molar-refractivity contribution in [1.29, 1.82) is 0 Å². The van der Waals surface area contributed by atoms with Crippen molar-refractivity contribution in [2.24, 2.45) is 5.92 Å². The highest BCUT2D eigenvalue weighted by Crippen LogP contribution is 2.40. The van der Waals surface area contributed by atoms with Crippen LogP contribution in [0.1, 0.15) is 51.0 Å². The molecule has 0 spiro atoms. The molecule has 1 aliphatic carbocycles. The molecule has 2 heteroatoms. The van der Waals surface area contributed by atoms with E-state index >= 15 is 0 Å². The first-order valence-electron chi connectivity index (χ1n) is 8.47. The van der Waals surface area contributed by atoms with Gasteiger partial charge in [-0.15, -0.1) is 0 Å². The number of nitrogens with one attached hydrogen (secondary N) is 1. The summed E-state index contributed by atoms with van der Waals surface area (Å²) in [4.78, 5) is 2.71. The third-order valence-electron chi connectivity index (χ3n) is 5.68. The quantitative estimate of drug-likeness (QED) is 0.822. The summed E-state index contributed by atoms with van der Waals surface area (Å²) in [5, 5.41) is 3.62. The maximum atomic E-state index is 3.62. The van der Waals surface area contributed by atoms with Crippen LogP contribution in [0.25, 0.3) is 0 Å². The Morgan fingerprint density at radius 2 is 2.00 bits per heavy atom. The molecule has 0 aromatic heterocycles. The molecule has 0 bridgehead atoms. The van der Waals surface area contributed by atoms with E-state index in [9.17, 15) is 0 Å². The molecule has 0 radical (unpaired) electrons. The van der Waals surface area contributed by atoms with Gasteiger partial charge in [0.15, 0.2) is 0 Å². The van der Waals surface area contributed by atoms with Gasteiger partial charge in [0.25, 0.3) is 0 Å². The summed E-state index contributed by atoms with van der Waals surface area (Å²) in [6, 6.07) is 8.59. The van der Waals surface area contributed by atoms with Gasteiger partial charge in [0, 0.05) is 30.0 Å². The van der Waals surface area contributed by atoms with Crippen molar-refractivity contribution in [3.63, 3.8) is 0 Å². The lowest BCUT2D eigenvalue weighted by molar-refractivity contribution is 0.342. The van der Waals surface area contributed by atoms with E-state index in [1.54, 1.807) is 0 Å². The number of anilines is 2. The van der Waals surface area contributed by atoms with Crippen molar-refractivity contribution in [3.8, 4) is 0 Å². The Bertz CT molecular complexity index is 496. The molecule has 1 aromatic carbocycles. The predicted octanol–water partition coefficient (Wildman–Crippen LogP) is 4.20. The molecule has 3 aliphatic rings. The molecule has 2 nitrogen and oxygen atoms in total. The Hall–Kier alpha value is -1.18. The lowest BCUT2D eigenvalue weighted by Crippen LogP contribution is -2.34. The summed E-state index contributed by atoms with van der Waals surface area (Å²) in [7, 11) is 0. The van der Waals surface area contributed by atoms with E-state index in [4.69, 9.17) is 0 Å². The Labute approximate surface area is 122 Å².